The van der Waals surface area contributed by atoms with E-state index in [0.717, 1.165) is 5.56 Å². The van der Waals surface area contributed by atoms with E-state index in [1.54, 1.807) is 12.1 Å². The summed E-state index contributed by atoms with van der Waals surface area (Å²) in [6.45, 7) is 2.24. The number of nitrogens with one attached hydrogen (secondary N) is 1. The molecule has 0 amide bonds. The zero-order valence-electron chi connectivity index (χ0n) is 9.47. The van der Waals surface area contributed by atoms with Gasteiger partial charge < -0.3 is 10.4 Å². The Hall–Kier alpha value is -2.11. The highest BCUT2D eigenvalue weighted by molar-refractivity contribution is 5.67. The molecule has 0 saturated carbocycles. The van der Waals surface area contributed by atoms with Gasteiger partial charge >= 0.3 is 5.97 Å². The molecule has 0 unspecified atom stereocenters. The first-order valence-electron chi connectivity index (χ1n) is 5.21. The van der Waals surface area contributed by atoms with Gasteiger partial charge in [-0.3, -0.25) is 14.9 Å². The lowest BCUT2D eigenvalue weighted by molar-refractivity contribution is -0.384. The molecule has 6 nitrogen and oxygen atoms in total. The fourth-order valence-corrected chi connectivity index (χ4v) is 1.41. The fraction of sp³-hybridized carbons (Fsp3) is 0.364. The number of hydrogen-bond acceptors (Lipinski definition) is 4. The fourth-order valence-electron chi connectivity index (χ4n) is 1.41. The lowest BCUT2D eigenvalue weighted by Gasteiger charge is -2.07. The van der Waals surface area contributed by atoms with Crippen LogP contribution in [-0.2, 0) is 4.79 Å². The van der Waals surface area contributed by atoms with Crippen molar-refractivity contribution < 1.29 is 14.8 Å². The summed E-state index contributed by atoms with van der Waals surface area (Å²) in [5, 5.41) is 22.1. The number of carboxylic acid groups (broad SMARTS) is 1. The Balaban J connectivity index is 2.65. The molecule has 17 heavy (non-hydrogen) atoms. The number of nitrogens with zero attached hydrogens (tertiary/aromatic N) is 1. The smallest absolute Gasteiger partial charge is 0.303 e. The molecular weight excluding hydrogens is 224 g/mol. The first-order chi connectivity index (χ1) is 8.00. The second-order valence-electron chi connectivity index (χ2n) is 3.70. The Morgan fingerprint density at radius 3 is 2.82 bits per heavy atom. The summed E-state index contributed by atoms with van der Waals surface area (Å²) in [5.41, 5.74) is 1.35. The molecule has 0 heterocycles. The van der Waals surface area contributed by atoms with E-state index in [4.69, 9.17) is 5.11 Å². The van der Waals surface area contributed by atoms with Crippen molar-refractivity contribution in [1.82, 2.24) is 0 Å². The van der Waals surface area contributed by atoms with Gasteiger partial charge in [-0.05, 0) is 25.0 Å². The SMILES string of the molecule is Cc1ccc([N+](=O)[O-])c(NCCCC(=O)O)c1. The largest absolute Gasteiger partial charge is 0.481 e. The van der Waals surface area contributed by atoms with E-state index in [1.807, 2.05) is 6.92 Å². The number of nitro groups is 1. The second-order valence-corrected chi connectivity index (χ2v) is 3.70. The molecule has 0 radical (unpaired) electrons. The summed E-state index contributed by atoms with van der Waals surface area (Å²) in [5.74, 6) is -0.870. The van der Waals surface area contributed by atoms with Crippen LogP contribution in [0.4, 0.5) is 11.4 Å². The number of rotatable bonds is 6. The molecule has 1 rings (SSSR count). The lowest BCUT2D eigenvalue weighted by atomic mass is 10.2. The lowest BCUT2D eigenvalue weighted by Crippen LogP contribution is -2.06. The van der Waals surface area contributed by atoms with Crippen LogP contribution in [-0.4, -0.2) is 22.5 Å². The molecule has 0 fully saturated rings. The predicted molar refractivity (Wildman–Crippen MR) is 63.2 cm³/mol. The third-order valence-corrected chi connectivity index (χ3v) is 2.23. The molecule has 6 heteroatoms. The van der Waals surface area contributed by atoms with E-state index in [-0.39, 0.29) is 12.1 Å². The topological polar surface area (TPSA) is 92.5 Å². The van der Waals surface area contributed by atoms with Crippen LogP contribution in [0.25, 0.3) is 0 Å². The zero-order valence-corrected chi connectivity index (χ0v) is 9.47. The van der Waals surface area contributed by atoms with Gasteiger partial charge in [0.1, 0.15) is 5.69 Å². The van der Waals surface area contributed by atoms with Crippen molar-refractivity contribution in [2.75, 3.05) is 11.9 Å². The summed E-state index contributed by atoms with van der Waals surface area (Å²) in [6.07, 6.45) is 0.479. The Kier molecular flexibility index (Phi) is 4.45. The molecule has 0 aliphatic rings. The minimum Gasteiger partial charge on any atom is -0.481 e. The van der Waals surface area contributed by atoms with Crippen molar-refractivity contribution in [3.05, 3.63) is 33.9 Å². The number of carboxylic acids is 1. The van der Waals surface area contributed by atoms with Gasteiger partial charge in [-0.25, -0.2) is 0 Å². The standard InChI is InChI=1S/C11H14N2O4/c1-8-4-5-10(13(16)17)9(7-8)12-6-2-3-11(14)15/h4-5,7,12H,2-3,6H2,1H3,(H,14,15). The third-order valence-electron chi connectivity index (χ3n) is 2.23. The molecular formula is C11H14N2O4. The molecule has 0 bridgehead atoms. The van der Waals surface area contributed by atoms with Gasteiger partial charge in [0.2, 0.25) is 0 Å². The highest BCUT2D eigenvalue weighted by atomic mass is 16.6. The van der Waals surface area contributed by atoms with Crippen LogP contribution in [0, 0.1) is 17.0 Å². The Morgan fingerprint density at radius 2 is 2.24 bits per heavy atom. The molecule has 0 aromatic heterocycles. The zero-order chi connectivity index (χ0) is 12.8. The molecule has 1 aromatic carbocycles. The van der Waals surface area contributed by atoms with Crippen molar-refractivity contribution in [2.24, 2.45) is 0 Å². The minimum absolute atomic E-state index is 0.00549. The highest BCUT2D eigenvalue weighted by Crippen LogP contribution is 2.25. The Bertz CT molecular complexity index is 431. The van der Waals surface area contributed by atoms with Crippen molar-refractivity contribution >= 4 is 17.3 Å². The average Bonchev–Trinajstić information content (AvgIpc) is 2.23. The third kappa shape index (κ3) is 4.10. The van der Waals surface area contributed by atoms with Crippen LogP contribution in [0.15, 0.2) is 18.2 Å². The highest BCUT2D eigenvalue weighted by Gasteiger charge is 2.12. The van der Waals surface area contributed by atoms with Crippen LogP contribution >= 0.6 is 0 Å². The van der Waals surface area contributed by atoms with E-state index in [9.17, 15) is 14.9 Å². The van der Waals surface area contributed by atoms with Crippen LogP contribution in [0.5, 0.6) is 0 Å². The number of benzene rings is 1. The summed E-state index contributed by atoms with van der Waals surface area (Å²) in [4.78, 5) is 20.6. The van der Waals surface area contributed by atoms with Crippen molar-refractivity contribution in [3.63, 3.8) is 0 Å². The number of nitro benzene ring substituents is 1. The van der Waals surface area contributed by atoms with Gasteiger partial charge in [-0.1, -0.05) is 6.07 Å². The van der Waals surface area contributed by atoms with Crippen LogP contribution in [0.1, 0.15) is 18.4 Å². The van der Waals surface area contributed by atoms with Gasteiger partial charge in [0.25, 0.3) is 5.69 Å². The number of hydrogen-bond donors (Lipinski definition) is 2. The van der Waals surface area contributed by atoms with Gasteiger partial charge in [0.15, 0.2) is 0 Å². The molecule has 0 saturated heterocycles. The Labute approximate surface area is 98.4 Å². The first kappa shape index (κ1) is 13.0. The number of anilines is 1. The summed E-state index contributed by atoms with van der Waals surface area (Å²) >= 11 is 0. The second kappa shape index (κ2) is 5.83. The van der Waals surface area contributed by atoms with E-state index < -0.39 is 10.9 Å². The van der Waals surface area contributed by atoms with Crippen molar-refractivity contribution in [2.45, 2.75) is 19.8 Å². The van der Waals surface area contributed by atoms with E-state index in [2.05, 4.69) is 5.32 Å². The molecule has 92 valence electrons. The molecule has 0 spiro atoms. The maximum atomic E-state index is 10.7. The summed E-state index contributed by atoms with van der Waals surface area (Å²) in [7, 11) is 0. The first-order valence-corrected chi connectivity index (χ1v) is 5.21. The quantitative estimate of drug-likeness (QED) is 0.450. The van der Waals surface area contributed by atoms with Crippen LogP contribution < -0.4 is 5.32 Å². The Morgan fingerprint density at radius 1 is 1.53 bits per heavy atom. The molecule has 0 atom stereocenters. The number of carbonyl (C=O) groups is 1. The van der Waals surface area contributed by atoms with Crippen molar-refractivity contribution in [1.29, 1.82) is 0 Å². The van der Waals surface area contributed by atoms with Gasteiger partial charge in [0.05, 0.1) is 4.92 Å². The summed E-state index contributed by atoms with van der Waals surface area (Å²) < 4.78 is 0. The van der Waals surface area contributed by atoms with Gasteiger partial charge in [-0.2, -0.15) is 0 Å². The van der Waals surface area contributed by atoms with Gasteiger partial charge in [-0.15, -0.1) is 0 Å². The maximum Gasteiger partial charge on any atom is 0.303 e. The average molecular weight is 238 g/mol. The minimum atomic E-state index is -0.870. The van der Waals surface area contributed by atoms with Crippen LogP contribution in [0.2, 0.25) is 0 Å². The van der Waals surface area contributed by atoms with E-state index >= 15 is 0 Å². The molecule has 0 aliphatic carbocycles. The normalized spacial score (nSPS) is 9.94. The number of aryl methyl sites for hydroxylation is 1. The predicted octanol–water partition coefficient (Wildman–Crippen LogP) is 2.18. The summed E-state index contributed by atoms with van der Waals surface area (Å²) in [6, 6.07) is 4.79. The molecule has 1 aromatic rings. The van der Waals surface area contributed by atoms with E-state index in [1.165, 1.54) is 6.07 Å². The van der Waals surface area contributed by atoms with Gasteiger partial charge in [0, 0.05) is 19.0 Å². The van der Waals surface area contributed by atoms with E-state index in [0.29, 0.717) is 18.7 Å². The maximum absolute atomic E-state index is 10.7. The molecule has 0 aliphatic heterocycles. The number of aliphatic carboxylic acids is 1. The molecule has 2 N–H and O–H groups in total. The monoisotopic (exact) mass is 238 g/mol. The van der Waals surface area contributed by atoms with Crippen molar-refractivity contribution in [3.8, 4) is 0 Å². The van der Waals surface area contributed by atoms with Crippen LogP contribution in [0.3, 0.4) is 0 Å².